The first-order chi connectivity index (χ1) is 10.3. The number of nitrogens with zero attached hydrogens (tertiary/aromatic N) is 1. The highest BCUT2D eigenvalue weighted by Gasteiger charge is 2.22. The largest absolute Gasteiger partial charge is 0.493 e. The predicted molar refractivity (Wildman–Crippen MR) is 81.7 cm³/mol. The maximum atomic E-state index is 5.42. The molecule has 2 aromatic rings. The molecule has 1 aromatic carbocycles. The molecular weight excluding hydrogens is 264 g/mol. The molecule has 0 saturated heterocycles. The molecule has 0 saturated carbocycles. The highest BCUT2D eigenvalue weighted by Crippen LogP contribution is 2.32. The molecule has 1 aromatic heterocycles. The van der Waals surface area contributed by atoms with Crippen LogP contribution in [0, 0.1) is 0 Å². The van der Waals surface area contributed by atoms with E-state index in [2.05, 4.69) is 34.6 Å². The second-order valence-corrected chi connectivity index (χ2v) is 5.16. The lowest BCUT2D eigenvalue weighted by Gasteiger charge is -2.16. The quantitative estimate of drug-likeness (QED) is 0.917. The van der Waals surface area contributed by atoms with Gasteiger partial charge in [0.05, 0.1) is 19.9 Å². The summed E-state index contributed by atoms with van der Waals surface area (Å²) < 4.78 is 10.7. The summed E-state index contributed by atoms with van der Waals surface area (Å²) in [6.45, 7) is 0.666. The number of aryl methyl sites for hydroxylation is 1. The first-order valence-electron chi connectivity index (χ1n) is 7.20. The van der Waals surface area contributed by atoms with Crippen molar-refractivity contribution in [1.82, 2.24) is 10.3 Å². The highest BCUT2D eigenvalue weighted by atomic mass is 16.5. The normalized spacial score (nSPS) is 16.6. The number of aromatic nitrogens is 1. The zero-order chi connectivity index (χ0) is 14.7. The predicted octanol–water partition coefficient (Wildman–Crippen LogP) is 2.88. The number of ether oxygens (including phenoxy) is 2. The molecule has 0 spiro atoms. The van der Waals surface area contributed by atoms with Crippen molar-refractivity contribution in [2.45, 2.75) is 25.4 Å². The molecule has 0 amide bonds. The van der Waals surface area contributed by atoms with Crippen LogP contribution in [-0.4, -0.2) is 19.2 Å². The fraction of sp³-hybridized carbons (Fsp3) is 0.353. The number of hydrogen-bond donors (Lipinski definition) is 1. The Labute approximate surface area is 125 Å². The SMILES string of the molecule is COc1ccnc(CNC2CCc3ccccc32)c1OC. The van der Waals surface area contributed by atoms with Crippen molar-refractivity contribution >= 4 is 0 Å². The van der Waals surface area contributed by atoms with E-state index in [0.717, 1.165) is 24.3 Å². The Bertz CT molecular complexity index is 628. The second kappa shape index (κ2) is 6.14. The number of fused-ring (bicyclic) bond motifs is 1. The molecule has 1 atom stereocenters. The van der Waals surface area contributed by atoms with Gasteiger partial charge < -0.3 is 14.8 Å². The Balaban J connectivity index is 1.75. The van der Waals surface area contributed by atoms with Crippen molar-refractivity contribution in [1.29, 1.82) is 0 Å². The lowest BCUT2D eigenvalue weighted by atomic mass is 10.1. The van der Waals surface area contributed by atoms with Gasteiger partial charge in [-0.2, -0.15) is 0 Å². The first-order valence-corrected chi connectivity index (χ1v) is 7.20. The Kier molecular flexibility index (Phi) is 4.06. The van der Waals surface area contributed by atoms with Crippen LogP contribution in [-0.2, 0) is 13.0 Å². The van der Waals surface area contributed by atoms with Crippen molar-refractivity contribution < 1.29 is 9.47 Å². The van der Waals surface area contributed by atoms with Crippen molar-refractivity contribution in [3.05, 3.63) is 53.3 Å². The Morgan fingerprint density at radius 2 is 2.05 bits per heavy atom. The second-order valence-electron chi connectivity index (χ2n) is 5.16. The van der Waals surface area contributed by atoms with E-state index < -0.39 is 0 Å². The van der Waals surface area contributed by atoms with E-state index in [1.54, 1.807) is 20.4 Å². The number of methoxy groups -OCH3 is 2. The van der Waals surface area contributed by atoms with Crippen LogP contribution in [0.5, 0.6) is 11.5 Å². The smallest absolute Gasteiger partial charge is 0.183 e. The van der Waals surface area contributed by atoms with Crippen molar-refractivity contribution in [2.24, 2.45) is 0 Å². The molecule has 21 heavy (non-hydrogen) atoms. The van der Waals surface area contributed by atoms with E-state index in [0.29, 0.717) is 18.3 Å². The van der Waals surface area contributed by atoms with Gasteiger partial charge in [0.15, 0.2) is 11.5 Å². The summed E-state index contributed by atoms with van der Waals surface area (Å²) in [5.41, 5.74) is 3.72. The lowest BCUT2D eigenvalue weighted by molar-refractivity contribution is 0.347. The fourth-order valence-corrected chi connectivity index (χ4v) is 2.97. The molecule has 0 radical (unpaired) electrons. The summed E-state index contributed by atoms with van der Waals surface area (Å²) >= 11 is 0. The third-order valence-electron chi connectivity index (χ3n) is 4.01. The minimum absolute atomic E-state index is 0.388. The maximum absolute atomic E-state index is 5.42. The van der Waals surface area contributed by atoms with E-state index in [4.69, 9.17) is 9.47 Å². The highest BCUT2D eigenvalue weighted by molar-refractivity contribution is 5.42. The molecule has 1 aliphatic carbocycles. The fourth-order valence-electron chi connectivity index (χ4n) is 2.97. The molecule has 110 valence electrons. The van der Waals surface area contributed by atoms with Crippen LogP contribution in [0.2, 0.25) is 0 Å². The van der Waals surface area contributed by atoms with Crippen molar-refractivity contribution in [2.75, 3.05) is 14.2 Å². The standard InChI is InChI=1S/C17H20N2O2/c1-20-16-9-10-18-15(17(16)21-2)11-19-14-8-7-12-5-3-4-6-13(12)14/h3-6,9-10,14,19H,7-8,11H2,1-2H3. The maximum Gasteiger partial charge on any atom is 0.183 e. The summed E-state index contributed by atoms with van der Waals surface area (Å²) in [5.74, 6) is 1.43. The first kappa shape index (κ1) is 13.9. The van der Waals surface area contributed by atoms with Crippen LogP contribution >= 0.6 is 0 Å². The van der Waals surface area contributed by atoms with Crippen LogP contribution < -0.4 is 14.8 Å². The zero-order valence-corrected chi connectivity index (χ0v) is 12.4. The molecule has 1 N–H and O–H groups in total. The van der Waals surface area contributed by atoms with Gasteiger partial charge in [-0.05, 0) is 24.0 Å². The minimum atomic E-state index is 0.388. The molecule has 1 aliphatic rings. The van der Waals surface area contributed by atoms with Gasteiger partial charge in [-0.25, -0.2) is 0 Å². The van der Waals surface area contributed by atoms with E-state index in [-0.39, 0.29) is 0 Å². The number of benzene rings is 1. The molecule has 4 heteroatoms. The topological polar surface area (TPSA) is 43.4 Å². The van der Waals surface area contributed by atoms with Crippen molar-refractivity contribution in [3.8, 4) is 11.5 Å². The van der Waals surface area contributed by atoms with E-state index in [1.165, 1.54) is 11.1 Å². The zero-order valence-electron chi connectivity index (χ0n) is 12.4. The molecule has 3 rings (SSSR count). The van der Waals surface area contributed by atoms with Crippen LogP contribution in [0.15, 0.2) is 36.5 Å². The molecule has 1 unspecified atom stereocenters. The lowest BCUT2D eigenvalue weighted by Crippen LogP contribution is -2.19. The van der Waals surface area contributed by atoms with Gasteiger partial charge in [0.1, 0.15) is 0 Å². The number of rotatable bonds is 5. The van der Waals surface area contributed by atoms with Crippen molar-refractivity contribution in [3.63, 3.8) is 0 Å². The van der Waals surface area contributed by atoms with Gasteiger partial charge in [-0.1, -0.05) is 24.3 Å². The molecule has 4 nitrogen and oxygen atoms in total. The summed E-state index contributed by atoms with van der Waals surface area (Å²) in [7, 11) is 3.29. The van der Waals surface area contributed by atoms with E-state index >= 15 is 0 Å². The molecule has 1 heterocycles. The van der Waals surface area contributed by atoms with Gasteiger partial charge in [0.25, 0.3) is 0 Å². The number of hydrogen-bond acceptors (Lipinski definition) is 4. The number of pyridine rings is 1. The Morgan fingerprint density at radius 3 is 2.86 bits per heavy atom. The monoisotopic (exact) mass is 284 g/mol. The number of nitrogens with one attached hydrogen (secondary N) is 1. The third-order valence-corrected chi connectivity index (χ3v) is 4.01. The van der Waals surface area contributed by atoms with Crippen LogP contribution in [0.25, 0.3) is 0 Å². The van der Waals surface area contributed by atoms with Gasteiger partial charge in [-0.3, -0.25) is 4.98 Å². The van der Waals surface area contributed by atoms with Gasteiger partial charge in [-0.15, -0.1) is 0 Å². The molecule has 0 bridgehead atoms. The van der Waals surface area contributed by atoms with E-state index in [9.17, 15) is 0 Å². The molecule has 0 aliphatic heterocycles. The summed E-state index contributed by atoms with van der Waals surface area (Å²) in [4.78, 5) is 4.41. The average molecular weight is 284 g/mol. The summed E-state index contributed by atoms with van der Waals surface area (Å²) in [5, 5.41) is 3.58. The van der Waals surface area contributed by atoms with Crippen LogP contribution in [0.3, 0.4) is 0 Å². The van der Waals surface area contributed by atoms with Gasteiger partial charge in [0, 0.05) is 24.8 Å². The summed E-state index contributed by atoms with van der Waals surface area (Å²) in [6.07, 6.45) is 4.02. The Morgan fingerprint density at radius 1 is 1.19 bits per heavy atom. The Hall–Kier alpha value is -2.07. The third kappa shape index (κ3) is 2.72. The molecule has 0 fully saturated rings. The minimum Gasteiger partial charge on any atom is -0.493 e. The van der Waals surface area contributed by atoms with E-state index in [1.807, 2.05) is 6.07 Å². The van der Waals surface area contributed by atoms with Gasteiger partial charge >= 0.3 is 0 Å². The van der Waals surface area contributed by atoms with Gasteiger partial charge in [0.2, 0.25) is 0 Å². The van der Waals surface area contributed by atoms with Crippen LogP contribution in [0.1, 0.15) is 29.3 Å². The molecular formula is C17H20N2O2. The van der Waals surface area contributed by atoms with Crippen LogP contribution in [0.4, 0.5) is 0 Å². The average Bonchev–Trinajstić information content (AvgIpc) is 2.95. The summed E-state index contributed by atoms with van der Waals surface area (Å²) in [6, 6.07) is 10.8.